The number of hydrogen-bond donors (Lipinski definition) is 4. The van der Waals surface area contributed by atoms with Crippen molar-refractivity contribution >= 4 is 40.7 Å². The van der Waals surface area contributed by atoms with Crippen molar-refractivity contribution in [2.24, 2.45) is 0 Å². The highest BCUT2D eigenvalue weighted by molar-refractivity contribution is 5.94. The summed E-state index contributed by atoms with van der Waals surface area (Å²) in [4.78, 5) is 26.3. The predicted molar refractivity (Wildman–Crippen MR) is 118 cm³/mol. The Labute approximate surface area is 183 Å². The van der Waals surface area contributed by atoms with Gasteiger partial charge in [0.05, 0.1) is 6.20 Å². The van der Waals surface area contributed by atoms with E-state index in [1.807, 2.05) is 24.3 Å². The first kappa shape index (κ1) is 19.9. The van der Waals surface area contributed by atoms with E-state index in [9.17, 15) is 9.18 Å². The van der Waals surface area contributed by atoms with Gasteiger partial charge in [-0.3, -0.25) is 4.79 Å². The first-order valence-electron chi connectivity index (χ1n) is 10.2. The monoisotopic (exact) mass is 436 g/mol. The lowest BCUT2D eigenvalue weighted by Crippen LogP contribution is -2.43. The maximum Gasteiger partial charge on any atom is 0.263 e. The quantitative estimate of drug-likeness (QED) is 0.478. The number of nitrogens with zero attached hydrogens (tertiary/aromatic N) is 4. The molecule has 3 aromatic rings. The average molecular weight is 436 g/mol. The molecule has 0 unspecified atom stereocenters. The van der Waals surface area contributed by atoms with Gasteiger partial charge in [-0.1, -0.05) is 0 Å². The van der Waals surface area contributed by atoms with Crippen molar-refractivity contribution in [3.8, 4) is 5.75 Å². The molecule has 0 saturated carbocycles. The van der Waals surface area contributed by atoms with Crippen molar-refractivity contribution in [1.29, 1.82) is 0 Å². The molecular formula is C21H21FN8O2. The fourth-order valence-electron chi connectivity index (χ4n) is 3.48. The van der Waals surface area contributed by atoms with Crippen molar-refractivity contribution in [3.63, 3.8) is 0 Å². The number of halogens is 1. The second kappa shape index (κ2) is 8.63. The summed E-state index contributed by atoms with van der Waals surface area (Å²) in [6.45, 7) is 3.81. The summed E-state index contributed by atoms with van der Waals surface area (Å²) in [6, 6.07) is 11.2. The molecule has 2 aliphatic rings. The molecule has 0 spiro atoms. The maximum absolute atomic E-state index is 14.3. The van der Waals surface area contributed by atoms with Gasteiger partial charge in [-0.05, 0) is 36.4 Å². The Bertz CT molecular complexity index is 1140. The van der Waals surface area contributed by atoms with E-state index < -0.39 is 5.82 Å². The van der Waals surface area contributed by atoms with Crippen LogP contribution in [0.4, 0.5) is 39.2 Å². The van der Waals surface area contributed by atoms with Gasteiger partial charge in [0, 0.05) is 37.6 Å². The Morgan fingerprint density at radius 3 is 2.66 bits per heavy atom. The van der Waals surface area contributed by atoms with Gasteiger partial charge >= 0.3 is 0 Å². The standard InChI is InChI=1S/C21H21FN8O2/c22-15-11-24-21(25-13-1-3-14(4-2-13)30-9-7-23-8-10-30)29-19(15)26-17-6-5-16-20(27-17)28-18(31)12-32-16/h1-6,11,23H,7-10,12H2,(H3,24,25,26,27,28,29,31). The molecule has 1 saturated heterocycles. The van der Waals surface area contributed by atoms with E-state index in [1.54, 1.807) is 12.1 Å². The second-order valence-electron chi connectivity index (χ2n) is 7.30. The number of anilines is 6. The van der Waals surface area contributed by atoms with E-state index in [0.717, 1.165) is 43.8 Å². The molecule has 0 aliphatic carbocycles. The summed E-state index contributed by atoms with van der Waals surface area (Å²) in [6.07, 6.45) is 1.08. The van der Waals surface area contributed by atoms with Crippen molar-refractivity contribution in [2.75, 3.05) is 53.6 Å². The summed E-state index contributed by atoms with van der Waals surface area (Å²) >= 11 is 0. The Morgan fingerprint density at radius 2 is 1.84 bits per heavy atom. The topological polar surface area (TPSA) is 116 Å². The van der Waals surface area contributed by atoms with Crippen LogP contribution in [0.15, 0.2) is 42.6 Å². The highest BCUT2D eigenvalue weighted by Gasteiger charge is 2.18. The molecule has 32 heavy (non-hydrogen) atoms. The molecule has 11 heteroatoms. The molecule has 4 N–H and O–H groups in total. The van der Waals surface area contributed by atoms with Crippen LogP contribution in [0.3, 0.4) is 0 Å². The first-order valence-corrected chi connectivity index (χ1v) is 10.2. The van der Waals surface area contributed by atoms with Crippen LogP contribution in [0.25, 0.3) is 0 Å². The lowest BCUT2D eigenvalue weighted by atomic mass is 10.2. The Kier molecular flexibility index (Phi) is 5.38. The number of fused-ring (bicyclic) bond motifs is 1. The van der Waals surface area contributed by atoms with Crippen molar-refractivity contribution in [2.45, 2.75) is 0 Å². The Morgan fingerprint density at radius 1 is 1.03 bits per heavy atom. The molecule has 0 radical (unpaired) electrons. The fraction of sp³-hybridized carbons (Fsp3) is 0.238. The number of carbonyl (C=O) groups excluding carboxylic acids is 1. The van der Waals surface area contributed by atoms with Gasteiger partial charge < -0.3 is 30.9 Å². The SMILES string of the molecule is O=C1COc2ccc(Nc3nc(Nc4ccc(N5CCNCC5)cc4)ncc3F)nc2N1. The number of pyridine rings is 1. The third-order valence-corrected chi connectivity index (χ3v) is 5.07. The number of benzene rings is 1. The minimum atomic E-state index is -0.635. The largest absolute Gasteiger partial charge is 0.480 e. The van der Waals surface area contributed by atoms with Gasteiger partial charge in [0.15, 0.2) is 29.8 Å². The zero-order valence-electron chi connectivity index (χ0n) is 17.1. The van der Waals surface area contributed by atoms with Crippen molar-refractivity contribution in [3.05, 3.63) is 48.4 Å². The van der Waals surface area contributed by atoms with E-state index >= 15 is 0 Å². The third kappa shape index (κ3) is 4.37. The van der Waals surface area contributed by atoms with E-state index in [2.05, 4.69) is 41.1 Å². The molecular weight excluding hydrogens is 415 g/mol. The second-order valence-corrected chi connectivity index (χ2v) is 7.30. The number of piperazine rings is 1. The molecule has 164 valence electrons. The van der Waals surface area contributed by atoms with Crippen LogP contribution in [0.5, 0.6) is 5.75 Å². The minimum Gasteiger partial charge on any atom is -0.480 e. The molecule has 2 aromatic heterocycles. The Hall–Kier alpha value is -3.99. The van der Waals surface area contributed by atoms with Crippen molar-refractivity contribution < 1.29 is 13.9 Å². The van der Waals surface area contributed by atoms with Gasteiger partial charge in [0.2, 0.25) is 5.95 Å². The fourth-order valence-corrected chi connectivity index (χ4v) is 3.48. The molecule has 1 aromatic carbocycles. The lowest BCUT2D eigenvalue weighted by Gasteiger charge is -2.29. The minimum absolute atomic E-state index is 0.0459. The van der Waals surface area contributed by atoms with Gasteiger partial charge in [0.25, 0.3) is 5.91 Å². The molecule has 1 fully saturated rings. The molecule has 1 amide bonds. The zero-order valence-corrected chi connectivity index (χ0v) is 17.1. The third-order valence-electron chi connectivity index (χ3n) is 5.07. The van der Waals surface area contributed by atoms with Crippen LogP contribution in [-0.4, -0.2) is 53.6 Å². The van der Waals surface area contributed by atoms with Crippen LogP contribution in [-0.2, 0) is 4.79 Å². The number of amides is 1. The van der Waals surface area contributed by atoms with Crippen LogP contribution >= 0.6 is 0 Å². The van der Waals surface area contributed by atoms with E-state index in [0.29, 0.717) is 11.6 Å². The number of aromatic nitrogens is 3. The van der Waals surface area contributed by atoms with Crippen LogP contribution in [0.1, 0.15) is 0 Å². The first-order chi connectivity index (χ1) is 15.6. The molecule has 10 nitrogen and oxygen atoms in total. The summed E-state index contributed by atoms with van der Waals surface area (Å²) in [5, 5.41) is 11.9. The summed E-state index contributed by atoms with van der Waals surface area (Å²) in [5.74, 6) is 0.273. The van der Waals surface area contributed by atoms with Gasteiger partial charge in [-0.2, -0.15) is 4.98 Å². The van der Waals surface area contributed by atoms with Crippen molar-refractivity contribution in [1.82, 2.24) is 20.3 Å². The average Bonchev–Trinajstić information content (AvgIpc) is 2.82. The highest BCUT2D eigenvalue weighted by Crippen LogP contribution is 2.28. The number of hydrogen-bond acceptors (Lipinski definition) is 9. The predicted octanol–water partition coefficient (Wildman–Crippen LogP) is 2.24. The number of carbonyl (C=O) groups is 1. The van der Waals surface area contributed by atoms with Gasteiger partial charge in [0.1, 0.15) is 5.82 Å². The Balaban J connectivity index is 1.30. The van der Waals surface area contributed by atoms with Gasteiger partial charge in [-0.15, -0.1) is 0 Å². The van der Waals surface area contributed by atoms with Crippen LogP contribution < -0.4 is 30.9 Å². The number of rotatable bonds is 5. The summed E-state index contributed by atoms with van der Waals surface area (Å²) in [5.41, 5.74) is 1.93. The molecule has 0 atom stereocenters. The summed E-state index contributed by atoms with van der Waals surface area (Å²) in [7, 11) is 0. The van der Waals surface area contributed by atoms with E-state index in [4.69, 9.17) is 4.74 Å². The van der Waals surface area contributed by atoms with E-state index in [-0.39, 0.29) is 30.1 Å². The van der Waals surface area contributed by atoms with Gasteiger partial charge in [-0.25, -0.2) is 14.4 Å². The van der Waals surface area contributed by atoms with E-state index in [1.165, 1.54) is 0 Å². The van der Waals surface area contributed by atoms with Crippen LogP contribution in [0.2, 0.25) is 0 Å². The molecule has 5 rings (SSSR count). The number of nitrogens with one attached hydrogen (secondary N) is 4. The maximum atomic E-state index is 14.3. The van der Waals surface area contributed by atoms with Crippen LogP contribution in [0, 0.1) is 5.82 Å². The smallest absolute Gasteiger partial charge is 0.263 e. The zero-order chi connectivity index (χ0) is 21.9. The number of ether oxygens (including phenoxy) is 1. The normalized spacial score (nSPS) is 15.4. The lowest BCUT2D eigenvalue weighted by molar-refractivity contribution is -0.118. The molecule has 2 aliphatic heterocycles. The molecule has 4 heterocycles. The highest BCUT2D eigenvalue weighted by atomic mass is 19.1. The summed E-state index contributed by atoms with van der Waals surface area (Å²) < 4.78 is 19.6. The molecule has 0 bridgehead atoms.